The van der Waals surface area contributed by atoms with Gasteiger partial charge in [-0.3, -0.25) is 4.55 Å². The van der Waals surface area contributed by atoms with Gasteiger partial charge in [-0.15, -0.1) is 0 Å². The summed E-state index contributed by atoms with van der Waals surface area (Å²) in [6.45, 7) is 4.09. The van der Waals surface area contributed by atoms with Crippen LogP contribution in [-0.4, -0.2) is 19.0 Å². The molecule has 0 saturated heterocycles. The second kappa shape index (κ2) is 8.04. The first-order chi connectivity index (χ1) is 13.3. The molecular formula is C22H24N2O3S. The molecule has 0 aliphatic carbocycles. The van der Waals surface area contributed by atoms with Gasteiger partial charge in [-0.05, 0) is 42.0 Å². The smallest absolute Gasteiger partial charge is 0.294 e. The summed E-state index contributed by atoms with van der Waals surface area (Å²) in [5.41, 5.74) is 2.46. The minimum absolute atomic E-state index is 0.00946. The first-order valence-corrected chi connectivity index (χ1v) is 10.4. The fourth-order valence-corrected chi connectivity index (χ4v) is 3.69. The van der Waals surface area contributed by atoms with Crippen molar-refractivity contribution >= 4 is 21.5 Å². The van der Waals surface area contributed by atoms with Crippen molar-refractivity contribution in [1.29, 1.82) is 0 Å². The Labute approximate surface area is 166 Å². The van der Waals surface area contributed by atoms with Crippen LogP contribution in [0.25, 0.3) is 0 Å². The summed E-state index contributed by atoms with van der Waals surface area (Å²) < 4.78 is 32.1. The first kappa shape index (κ1) is 19.9. The maximum atomic E-state index is 11.4. The van der Waals surface area contributed by atoms with Gasteiger partial charge in [0.05, 0.1) is 10.9 Å². The first-order valence-electron chi connectivity index (χ1n) is 8.98. The highest BCUT2D eigenvalue weighted by Crippen LogP contribution is 2.42. The Kier molecular flexibility index (Phi) is 5.72. The molecule has 0 spiro atoms. The largest absolute Gasteiger partial charge is 0.378 e. The summed E-state index contributed by atoms with van der Waals surface area (Å²) in [5.74, 6) is 0. The second-order valence-corrected chi connectivity index (χ2v) is 8.59. The lowest BCUT2D eigenvalue weighted by Gasteiger charge is -2.25. The topological polar surface area (TPSA) is 78.4 Å². The van der Waals surface area contributed by atoms with Crippen LogP contribution in [0.2, 0.25) is 0 Å². The number of hydrogen-bond donors (Lipinski definition) is 3. The van der Waals surface area contributed by atoms with E-state index >= 15 is 0 Å². The van der Waals surface area contributed by atoms with Crippen molar-refractivity contribution in [1.82, 2.24) is 0 Å². The van der Waals surface area contributed by atoms with Gasteiger partial charge in [0.2, 0.25) is 0 Å². The number of rotatable bonds is 6. The Balaban J connectivity index is 1.63. The quantitative estimate of drug-likeness (QED) is 0.485. The van der Waals surface area contributed by atoms with Crippen molar-refractivity contribution in [3.05, 3.63) is 90.7 Å². The maximum absolute atomic E-state index is 11.4. The lowest BCUT2D eigenvalue weighted by molar-refractivity contribution is 0.482. The summed E-state index contributed by atoms with van der Waals surface area (Å²) in [6.07, 6.45) is 11.7. The van der Waals surface area contributed by atoms with E-state index in [1.165, 1.54) is 6.07 Å². The SMILES string of the molecule is CC1(C)c2cc(S(=O)(=O)O)ccc2NC1/C=C/C=C/C=C/Nc1ccccc1. The molecule has 6 heteroatoms. The van der Waals surface area contributed by atoms with Crippen LogP contribution in [0.4, 0.5) is 11.4 Å². The number of hydrogen-bond acceptors (Lipinski definition) is 4. The number of benzene rings is 2. The van der Waals surface area contributed by atoms with E-state index in [1.54, 1.807) is 12.1 Å². The number of para-hydroxylation sites is 1. The number of fused-ring (bicyclic) bond motifs is 1. The zero-order chi connectivity index (χ0) is 20.2. The highest BCUT2D eigenvalue weighted by Gasteiger charge is 2.38. The van der Waals surface area contributed by atoms with E-state index < -0.39 is 10.1 Å². The van der Waals surface area contributed by atoms with Crippen LogP contribution in [0.15, 0.2) is 90.0 Å². The van der Waals surface area contributed by atoms with Gasteiger partial charge in [-0.25, -0.2) is 0 Å². The van der Waals surface area contributed by atoms with Gasteiger partial charge in [0.1, 0.15) is 0 Å². The van der Waals surface area contributed by atoms with E-state index in [0.717, 1.165) is 16.9 Å². The summed E-state index contributed by atoms with van der Waals surface area (Å²) in [4.78, 5) is -0.0818. The molecule has 3 rings (SSSR count). The summed E-state index contributed by atoms with van der Waals surface area (Å²) >= 11 is 0. The summed E-state index contributed by atoms with van der Waals surface area (Å²) in [6, 6.07) is 14.6. The Hall–Kier alpha value is -2.83. The van der Waals surface area contributed by atoms with E-state index in [9.17, 15) is 13.0 Å². The van der Waals surface area contributed by atoms with Gasteiger partial charge >= 0.3 is 0 Å². The molecule has 3 N–H and O–H groups in total. The van der Waals surface area contributed by atoms with Crippen molar-refractivity contribution in [2.45, 2.75) is 30.2 Å². The van der Waals surface area contributed by atoms with Gasteiger partial charge in [-0.1, -0.05) is 56.4 Å². The van der Waals surface area contributed by atoms with Gasteiger partial charge in [0.15, 0.2) is 0 Å². The van der Waals surface area contributed by atoms with Gasteiger partial charge in [0.25, 0.3) is 10.1 Å². The predicted molar refractivity (Wildman–Crippen MR) is 114 cm³/mol. The van der Waals surface area contributed by atoms with E-state index in [4.69, 9.17) is 0 Å². The Bertz CT molecular complexity index is 1020. The molecule has 2 aromatic carbocycles. The molecule has 0 aromatic heterocycles. The van der Waals surface area contributed by atoms with Gasteiger partial charge in [0, 0.05) is 23.0 Å². The molecule has 1 atom stereocenters. The highest BCUT2D eigenvalue weighted by atomic mass is 32.2. The molecule has 1 aliphatic rings. The minimum Gasteiger partial charge on any atom is -0.378 e. The average molecular weight is 397 g/mol. The molecule has 5 nitrogen and oxygen atoms in total. The third-order valence-corrected chi connectivity index (χ3v) is 5.68. The normalized spacial score (nSPS) is 18.6. The van der Waals surface area contributed by atoms with E-state index in [0.29, 0.717) is 0 Å². The predicted octanol–water partition coefficient (Wildman–Crippen LogP) is 4.74. The molecule has 0 amide bonds. The van der Waals surface area contributed by atoms with Crippen molar-refractivity contribution in [3.63, 3.8) is 0 Å². The number of allylic oxidation sites excluding steroid dienone is 4. The summed E-state index contributed by atoms with van der Waals surface area (Å²) in [7, 11) is -4.21. The number of anilines is 2. The van der Waals surface area contributed by atoms with Crippen LogP contribution in [0.1, 0.15) is 19.4 Å². The minimum atomic E-state index is -4.21. The summed E-state index contributed by atoms with van der Waals surface area (Å²) in [5, 5.41) is 6.58. The number of nitrogens with one attached hydrogen (secondary N) is 2. The maximum Gasteiger partial charge on any atom is 0.294 e. The molecule has 1 heterocycles. The van der Waals surface area contributed by atoms with Crippen LogP contribution in [0.5, 0.6) is 0 Å². The lowest BCUT2D eigenvalue weighted by Crippen LogP contribution is -2.31. The second-order valence-electron chi connectivity index (χ2n) is 7.17. The standard InChI is InChI=1S/C22H24N2O3S/c1-22(2)19-16-18(28(25,26)27)13-14-20(19)24-21(22)12-8-3-4-9-15-23-17-10-6-5-7-11-17/h3-16,21,23-24H,1-2H3,(H,25,26,27)/b4-3+,12-8+,15-9+. The molecule has 1 unspecified atom stereocenters. The molecular weight excluding hydrogens is 372 g/mol. The van der Waals surface area contributed by atoms with Crippen LogP contribution in [0, 0.1) is 0 Å². The monoisotopic (exact) mass is 396 g/mol. The highest BCUT2D eigenvalue weighted by molar-refractivity contribution is 7.85. The van der Waals surface area contributed by atoms with Crippen molar-refractivity contribution < 1.29 is 13.0 Å². The van der Waals surface area contributed by atoms with Crippen molar-refractivity contribution in [2.24, 2.45) is 0 Å². The third-order valence-electron chi connectivity index (χ3n) is 4.83. The van der Waals surface area contributed by atoms with Crippen molar-refractivity contribution in [3.8, 4) is 0 Å². The molecule has 2 aromatic rings. The van der Waals surface area contributed by atoms with E-state index in [1.807, 2.05) is 80.8 Å². The molecule has 0 radical (unpaired) electrons. The third kappa shape index (κ3) is 4.52. The molecule has 1 aliphatic heterocycles. The Morgan fingerprint density at radius 1 is 1.04 bits per heavy atom. The molecule has 28 heavy (non-hydrogen) atoms. The van der Waals surface area contributed by atoms with Gasteiger partial charge < -0.3 is 10.6 Å². The zero-order valence-corrected chi connectivity index (χ0v) is 16.6. The van der Waals surface area contributed by atoms with Gasteiger partial charge in [-0.2, -0.15) is 8.42 Å². The van der Waals surface area contributed by atoms with E-state index in [2.05, 4.69) is 10.6 Å². The molecule has 146 valence electrons. The lowest BCUT2D eigenvalue weighted by atomic mass is 9.80. The van der Waals surface area contributed by atoms with Crippen LogP contribution in [-0.2, 0) is 15.5 Å². The van der Waals surface area contributed by atoms with Crippen LogP contribution >= 0.6 is 0 Å². The Morgan fingerprint density at radius 3 is 2.46 bits per heavy atom. The molecule has 0 fully saturated rings. The fourth-order valence-electron chi connectivity index (χ4n) is 3.18. The zero-order valence-electron chi connectivity index (χ0n) is 15.8. The average Bonchev–Trinajstić information content (AvgIpc) is 2.91. The molecule has 0 saturated carbocycles. The molecule has 0 bridgehead atoms. The Morgan fingerprint density at radius 2 is 1.75 bits per heavy atom. The van der Waals surface area contributed by atoms with Crippen LogP contribution < -0.4 is 10.6 Å². The van der Waals surface area contributed by atoms with E-state index in [-0.39, 0.29) is 16.4 Å². The van der Waals surface area contributed by atoms with Crippen molar-refractivity contribution in [2.75, 3.05) is 10.6 Å². The fraction of sp³-hybridized carbons (Fsp3) is 0.182. The van der Waals surface area contributed by atoms with Crippen LogP contribution in [0.3, 0.4) is 0 Å².